The molecule has 0 saturated carbocycles. The number of ether oxygens (including phenoxy) is 3. The molecule has 0 saturated heterocycles. The van der Waals surface area contributed by atoms with Crippen LogP contribution in [0.5, 0.6) is 5.75 Å². The minimum absolute atomic E-state index is 0.0531. The van der Waals surface area contributed by atoms with Crippen LogP contribution in [-0.4, -0.2) is 29.8 Å². The van der Waals surface area contributed by atoms with Crippen LogP contribution in [0.1, 0.15) is 37.5 Å². The average molecular weight is 490 g/mol. The molecule has 0 aliphatic carbocycles. The van der Waals surface area contributed by atoms with E-state index in [0.717, 1.165) is 0 Å². The van der Waals surface area contributed by atoms with Crippen LogP contribution < -0.4 is 10.1 Å². The van der Waals surface area contributed by atoms with Gasteiger partial charge in [-0.25, -0.2) is 0 Å². The fourth-order valence-corrected chi connectivity index (χ4v) is 3.83. The van der Waals surface area contributed by atoms with Crippen molar-refractivity contribution in [2.24, 2.45) is 0 Å². The molecule has 1 aliphatic heterocycles. The Labute approximate surface area is 193 Å². The first-order chi connectivity index (χ1) is 14.6. The standard InChI is InChI=1S/C21H19Cl2F2NO4S/c1-3-28-17(27)10-16-20(31)26-14-8-7-11(22)9-13(14)19(29-16)12-5-4-6-15(18(12)23)30-21(2,24)25/h4-9,16,19H,3,10H2,1-2H3,(H,26,31)/t16-,19-/m1/s1. The summed E-state index contributed by atoms with van der Waals surface area (Å²) in [6.07, 6.45) is -5.29. The molecule has 0 unspecified atom stereocenters. The second kappa shape index (κ2) is 9.65. The Morgan fingerprint density at radius 1 is 1.26 bits per heavy atom. The lowest BCUT2D eigenvalue weighted by Gasteiger charge is -2.24. The summed E-state index contributed by atoms with van der Waals surface area (Å²) in [6.45, 7) is 2.52. The lowest BCUT2D eigenvalue weighted by molar-refractivity contribution is -0.159. The normalized spacial score (nSPS) is 18.6. The average Bonchev–Trinajstić information content (AvgIpc) is 2.80. The number of rotatable bonds is 6. The zero-order valence-corrected chi connectivity index (χ0v) is 18.9. The minimum atomic E-state index is -3.43. The van der Waals surface area contributed by atoms with Crippen LogP contribution in [0.15, 0.2) is 36.4 Å². The Kier molecular flexibility index (Phi) is 7.36. The number of alkyl halides is 2. The molecule has 0 spiro atoms. The Morgan fingerprint density at radius 2 is 2.00 bits per heavy atom. The second-order valence-electron chi connectivity index (χ2n) is 6.80. The van der Waals surface area contributed by atoms with E-state index in [1.165, 1.54) is 12.1 Å². The van der Waals surface area contributed by atoms with E-state index in [9.17, 15) is 13.6 Å². The van der Waals surface area contributed by atoms with Gasteiger partial charge in [0.2, 0.25) is 0 Å². The van der Waals surface area contributed by atoms with Crippen LogP contribution in [0.3, 0.4) is 0 Å². The van der Waals surface area contributed by atoms with Gasteiger partial charge >= 0.3 is 12.1 Å². The van der Waals surface area contributed by atoms with Gasteiger partial charge in [0.15, 0.2) is 0 Å². The Balaban J connectivity index is 2.07. The number of esters is 1. The third-order valence-corrected chi connectivity index (χ3v) is 5.37. The monoisotopic (exact) mass is 489 g/mol. The number of hydrogen-bond donors (Lipinski definition) is 1. The van der Waals surface area contributed by atoms with Crippen molar-refractivity contribution >= 4 is 52.1 Å². The van der Waals surface area contributed by atoms with Crippen LogP contribution in [0.25, 0.3) is 0 Å². The molecule has 1 heterocycles. The lowest BCUT2D eigenvalue weighted by Crippen LogP contribution is -2.31. The van der Waals surface area contributed by atoms with Gasteiger partial charge in [0, 0.05) is 28.8 Å². The van der Waals surface area contributed by atoms with Crippen molar-refractivity contribution in [1.82, 2.24) is 0 Å². The minimum Gasteiger partial charge on any atom is -0.466 e. The van der Waals surface area contributed by atoms with Gasteiger partial charge < -0.3 is 19.5 Å². The summed E-state index contributed by atoms with van der Waals surface area (Å²) >= 11 is 18.0. The predicted molar refractivity (Wildman–Crippen MR) is 118 cm³/mol. The highest BCUT2D eigenvalue weighted by molar-refractivity contribution is 7.80. The molecule has 0 aromatic heterocycles. The third-order valence-electron chi connectivity index (χ3n) is 4.37. The molecule has 0 fully saturated rings. The van der Waals surface area contributed by atoms with Gasteiger partial charge in [-0.3, -0.25) is 4.79 Å². The van der Waals surface area contributed by atoms with E-state index < -0.39 is 24.3 Å². The summed E-state index contributed by atoms with van der Waals surface area (Å²) < 4.78 is 42.8. The Hall–Kier alpha value is -2.00. The zero-order chi connectivity index (χ0) is 22.8. The molecule has 0 bridgehead atoms. The number of anilines is 1. The second-order valence-corrected chi connectivity index (χ2v) is 8.06. The van der Waals surface area contributed by atoms with Crippen molar-refractivity contribution in [1.29, 1.82) is 0 Å². The van der Waals surface area contributed by atoms with E-state index in [0.29, 0.717) is 28.8 Å². The van der Waals surface area contributed by atoms with Crippen LogP contribution in [0.4, 0.5) is 14.5 Å². The number of thiocarbonyl (C=S) groups is 1. The molecule has 2 aromatic rings. The number of carbonyl (C=O) groups is 1. The van der Waals surface area contributed by atoms with Crippen LogP contribution >= 0.6 is 35.4 Å². The molecule has 2 atom stereocenters. The number of benzene rings is 2. The number of hydrogen-bond acceptors (Lipinski definition) is 5. The van der Waals surface area contributed by atoms with Gasteiger partial charge in [0.1, 0.15) is 22.9 Å². The van der Waals surface area contributed by atoms with E-state index in [1.807, 2.05) is 0 Å². The first-order valence-electron chi connectivity index (χ1n) is 9.35. The molecule has 3 rings (SSSR count). The highest BCUT2D eigenvalue weighted by Gasteiger charge is 2.34. The number of nitrogens with one attached hydrogen (secondary N) is 1. The smallest absolute Gasteiger partial charge is 0.394 e. The number of carbonyl (C=O) groups excluding carboxylic acids is 1. The van der Waals surface area contributed by atoms with E-state index in [2.05, 4.69) is 10.1 Å². The van der Waals surface area contributed by atoms with E-state index in [4.69, 9.17) is 44.9 Å². The molecule has 5 nitrogen and oxygen atoms in total. The topological polar surface area (TPSA) is 56.8 Å². The van der Waals surface area contributed by atoms with Gasteiger partial charge in [0.05, 0.1) is 18.1 Å². The van der Waals surface area contributed by atoms with Crippen molar-refractivity contribution in [2.45, 2.75) is 38.6 Å². The summed E-state index contributed by atoms with van der Waals surface area (Å²) in [4.78, 5) is 12.3. The molecule has 10 heteroatoms. The first-order valence-corrected chi connectivity index (χ1v) is 10.5. The maximum Gasteiger partial charge on any atom is 0.394 e. The molecule has 0 amide bonds. The van der Waals surface area contributed by atoms with Crippen LogP contribution in [0, 0.1) is 0 Å². The van der Waals surface area contributed by atoms with E-state index in [1.54, 1.807) is 31.2 Å². The van der Waals surface area contributed by atoms with Crippen molar-refractivity contribution in [3.8, 4) is 5.75 Å². The summed E-state index contributed by atoms with van der Waals surface area (Å²) in [5, 5.41) is 3.44. The SMILES string of the molecule is CCOC(=O)C[C@H]1O[C@H](c2cccc(OC(C)(F)F)c2Cl)c2cc(Cl)ccc2NC1=S. The Morgan fingerprint density at radius 3 is 2.68 bits per heavy atom. The molecule has 1 N–H and O–H groups in total. The highest BCUT2D eigenvalue weighted by atomic mass is 35.5. The quantitative estimate of drug-likeness (QED) is 0.387. The van der Waals surface area contributed by atoms with Crippen molar-refractivity contribution in [2.75, 3.05) is 11.9 Å². The third kappa shape index (κ3) is 5.83. The van der Waals surface area contributed by atoms with Crippen LogP contribution in [0.2, 0.25) is 10.0 Å². The number of halogens is 4. The Bertz CT molecular complexity index is 1000. The van der Waals surface area contributed by atoms with Crippen molar-refractivity contribution < 1.29 is 27.8 Å². The van der Waals surface area contributed by atoms with Gasteiger partial charge in [-0.05, 0) is 31.2 Å². The summed E-state index contributed by atoms with van der Waals surface area (Å²) in [5.41, 5.74) is 1.52. The van der Waals surface area contributed by atoms with Gasteiger partial charge in [-0.15, -0.1) is 0 Å². The van der Waals surface area contributed by atoms with Gasteiger partial charge in [-0.2, -0.15) is 8.78 Å². The van der Waals surface area contributed by atoms with Crippen molar-refractivity contribution in [3.63, 3.8) is 0 Å². The molecular formula is C21H19Cl2F2NO4S. The summed E-state index contributed by atoms with van der Waals surface area (Å²) in [7, 11) is 0. The largest absolute Gasteiger partial charge is 0.466 e. The van der Waals surface area contributed by atoms with E-state index in [-0.39, 0.29) is 28.8 Å². The fraction of sp³-hybridized carbons (Fsp3) is 0.333. The predicted octanol–water partition coefficient (Wildman–Crippen LogP) is 6.17. The molecular weight excluding hydrogens is 471 g/mol. The highest BCUT2D eigenvalue weighted by Crippen LogP contribution is 2.43. The first kappa shape index (κ1) is 23.7. The lowest BCUT2D eigenvalue weighted by atomic mass is 9.99. The van der Waals surface area contributed by atoms with E-state index >= 15 is 0 Å². The number of fused-ring (bicyclic) bond motifs is 1. The van der Waals surface area contributed by atoms with Crippen LogP contribution in [-0.2, 0) is 14.3 Å². The zero-order valence-electron chi connectivity index (χ0n) is 16.6. The molecule has 166 valence electrons. The maximum atomic E-state index is 13.4. The molecule has 2 aromatic carbocycles. The maximum absolute atomic E-state index is 13.4. The summed E-state index contributed by atoms with van der Waals surface area (Å²) in [6, 6.07) is 9.50. The van der Waals surface area contributed by atoms with Gasteiger partial charge in [0.25, 0.3) is 0 Å². The van der Waals surface area contributed by atoms with Gasteiger partial charge in [-0.1, -0.05) is 47.6 Å². The fourth-order valence-electron chi connectivity index (χ4n) is 3.13. The molecule has 1 aliphatic rings. The van der Waals surface area contributed by atoms with Crippen molar-refractivity contribution in [3.05, 3.63) is 57.6 Å². The molecule has 0 radical (unpaired) electrons. The molecule has 31 heavy (non-hydrogen) atoms. The summed E-state index contributed by atoms with van der Waals surface area (Å²) in [5.74, 6) is -0.700.